The molecule has 0 unspecified atom stereocenters. The maximum Gasteiger partial charge on any atom is 0.0502 e. The molecule has 0 bridgehead atoms. The summed E-state index contributed by atoms with van der Waals surface area (Å²) in [6, 6.07) is 42.2. The van der Waals surface area contributed by atoms with Gasteiger partial charge in [0, 0.05) is 27.9 Å². The third-order valence-electron chi connectivity index (χ3n) is 8.66. The Hall–Kier alpha value is -4.30. The van der Waals surface area contributed by atoms with Gasteiger partial charge in [-0.05, 0) is 75.8 Å². The van der Waals surface area contributed by atoms with Crippen molar-refractivity contribution in [2.75, 3.05) is 10.2 Å². The molecule has 0 amide bonds. The predicted octanol–water partition coefficient (Wildman–Crippen LogP) is 9.85. The first-order chi connectivity index (χ1) is 18.4. The standard InChI is InChI=1S/C36H32N2/c1-35(2)27-11-5-8-14-31(27)37-32-22-19-25(23-30(32)35)24-17-20-26(21-18-24)38-33-15-9-6-12-28(33)36(3,4)29-13-7-10-16-34(29)38/h5-23,37H,1-4H3. The minimum Gasteiger partial charge on any atom is -0.355 e. The second kappa shape index (κ2) is 8.10. The Labute approximate surface area is 225 Å². The van der Waals surface area contributed by atoms with Crippen LogP contribution in [0, 0.1) is 0 Å². The summed E-state index contributed by atoms with van der Waals surface area (Å²) < 4.78 is 0. The molecule has 0 aliphatic carbocycles. The lowest BCUT2D eigenvalue weighted by atomic mass is 9.73. The number of anilines is 5. The normalized spacial score (nSPS) is 15.9. The van der Waals surface area contributed by atoms with Crippen LogP contribution < -0.4 is 10.2 Å². The van der Waals surface area contributed by atoms with Crippen molar-refractivity contribution in [1.82, 2.24) is 0 Å². The van der Waals surface area contributed by atoms with E-state index in [9.17, 15) is 0 Å². The Kier molecular flexibility index (Phi) is 4.87. The lowest BCUT2D eigenvalue weighted by Crippen LogP contribution is -2.30. The van der Waals surface area contributed by atoms with Gasteiger partial charge in [0.15, 0.2) is 0 Å². The van der Waals surface area contributed by atoms with Gasteiger partial charge in [-0.1, -0.05) is 100 Å². The lowest BCUT2D eigenvalue weighted by molar-refractivity contribution is 0.632. The van der Waals surface area contributed by atoms with Gasteiger partial charge in [-0.15, -0.1) is 0 Å². The fraction of sp³-hybridized carbons (Fsp3) is 0.167. The van der Waals surface area contributed by atoms with Crippen LogP contribution in [0.2, 0.25) is 0 Å². The summed E-state index contributed by atoms with van der Waals surface area (Å²) in [5.74, 6) is 0. The first kappa shape index (κ1) is 22.9. The van der Waals surface area contributed by atoms with E-state index in [0.29, 0.717) is 0 Å². The maximum atomic E-state index is 3.65. The van der Waals surface area contributed by atoms with Crippen molar-refractivity contribution >= 4 is 28.4 Å². The van der Waals surface area contributed by atoms with Crippen molar-refractivity contribution in [3.05, 3.63) is 138 Å². The molecule has 5 aromatic carbocycles. The molecule has 0 saturated heterocycles. The van der Waals surface area contributed by atoms with Crippen molar-refractivity contribution in [2.45, 2.75) is 38.5 Å². The van der Waals surface area contributed by atoms with Crippen LogP contribution in [0.1, 0.15) is 49.9 Å². The summed E-state index contributed by atoms with van der Waals surface area (Å²) in [4.78, 5) is 2.41. The molecule has 7 rings (SSSR count). The summed E-state index contributed by atoms with van der Waals surface area (Å²) in [6.45, 7) is 9.31. The Balaban J connectivity index is 1.29. The van der Waals surface area contributed by atoms with Crippen LogP contribution in [0.25, 0.3) is 11.1 Å². The minimum absolute atomic E-state index is 0.0494. The number of nitrogens with one attached hydrogen (secondary N) is 1. The molecule has 2 nitrogen and oxygen atoms in total. The fourth-order valence-corrected chi connectivity index (χ4v) is 6.53. The first-order valence-electron chi connectivity index (χ1n) is 13.5. The van der Waals surface area contributed by atoms with Crippen molar-refractivity contribution in [2.24, 2.45) is 0 Å². The molecule has 2 aliphatic heterocycles. The van der Waals surface area contributed by atoms with E-state index in [1.54, 1.807) is 0 Å². The summed E-state index contributed by atoms with van der Waals surface area (Å²) in [7, 11) is 0. The van der Waals surface area contributed by atoms with Gasteiger partial charge in [-0.25, -0.2) is 0 Å². The van der Waals surface area contributed by atoms with E-state index < -0.39 is 0 Å². The van der Waals surface area contributed by atoms with E-state index in [2.05, 4.69) is 153 Å². The molecule has 186 valence electrons. The van der Waals surface area contributed by atoms with Gasteiger partial charge in [0.05, 0.1) is 11.4 Å². The third kappa shape index (κ3) is 3.26. The molecule has 0 fully saturated rings. The van der Waals surface area contributed by atoms with Crippen LogP contribution >= 0.6 is 0 Å². The van der Waals surface area contributed by atoms with Crippen LogP contribution in [0.15, 0.2) is 115 Å². The van der Waals surface area contributed by atoms with Gasteiger partial charge < -0.3 is 10.2 Å². The van der Waals surface area contributed by atoms with Crippen LogP contribution in [0.4, 0.5) is 28.4 Å². The van der Waals surface area contributed by atoms with Gasteiger partial charge in [-0.3, -0.25) is 0 Å². The van der Waals surface area contributed by atoms with E-state index in [1.807, 2.05) is 0 Å². The molecule has 0 saturated carbocycles. The van der Waals surface area contributed by atoms with E-state index in [0.717, 1.165) is 0 Å². The summed E-state index contributed by atoms with van der Waals surface area (Å²) in [6.07, 6.45) is 0. The predicted molar refractivity (Wildman–Crippen MR) is 161 cm³/mol. The molecule has 2 heteroatoms. The second-order valence-electron chi connectivity index (χ2n) is 11.6. The lowest BCUT2D eigenvalue weighted by Gasteiger charge is -2.42. The van der Waals surface area contributed by atoms with Gasteiger partial charge in [-0.2, -0.15) is 0 Å². The highest BCUT2D eigenvalue weighted by molar-refractivity contribution is 5.87. The topological polar surface area (TPSA) is 15.3 Å². The molecular formula is C36H32N2. The van der Waals surface area contributed by atoms with Crippen LogP contribution in [0.3, 0.4) is 0 Å². The number of fused-ring (bicyclic) bond motifs is 4. The number of para-hydroxylation sites is 3. The molecule has 0 spiro atoms. The highest BCUT2D eigenvalue weighted by Crippen LogP contribution is 2.52. The quantitative estimate of drug-likeness (QED) is 0.264. The third-order valence-corrected chi connectivity index (χ3v) is 8.66. The number of hydrogen-bond donors (Lipinski definition) is 1. The van der Waals surface area contributed by atoms with Crippen LogP contribution in [-0.4, -0.2) is 0 Å². The molecule has 0 radical (unpaired) electrons. The van der Waals surface area contributed by atoms with E-state index in [-0.39, 0.29) is 10.8 Å². The van der Waals surface area contributed by atoms with Gasteiger partial charge in [0.25, 0.3) is 0 Å². The van der Waals surface area contributed by atoms with Crippen LogP contribution in [-0.2, 0) is 10.8 Å². The monoisotopic (exact) mass is 492 g/mol. The van der Waals surface area contributed by atoms with Crippen molar-refractivity contribution < 1.29 is 0 Å². The zero-order valence-corrected chi connectivity index (χ0v) is 22.4. The molecule has 38 heavy (non-hydrogen) atoms. The Bertz CT molecular complexity index is 1640. The smallest absolute Gasteiger partial charge is 0.0502 e. The highest BCUT2D eigenvalue weighted by Gasteiger charge is 2.36. The second-order valence-corrected chi connectivity index (χ2v) is 11.6. The van der Waals surface area contributed by atoms with Gasteiger partial charge in [0.1, 0.15) is 0 Å². The summed E-state index contributed by atoms with van der Waals surface area (Å²) in [5, 5.41) is 3.65. The van der Waals surface area contributed by atoms with E-state index in [4.69, 9.17) is 0 Å². The van der Waals surface area contributed by atoms with Crippen molar-refractivity contribution in [3.8, 4) is 11.1 Å². The zero-order valence-electron chi connectivity index (χ0n) is 22.4. The molecule has 0 aromatic heterocycles. The highest BCUT2D eigenvalue weighted by atomic mass is 15.2. The van der Waals surface area contributed by atoms with Crippen LogP contribution in [0.5, 0.6) is 0 Å². The molecule has 5 aromatic rings. The Morgan fingerprint density at radius 2 is 0.974 bits per heavy atom. The zero-order chi connectivity index (χ0) is 26.1. The first-order valence-corrected chi connectivity index (χ1v) is 13.5. The Morgan fingerprint density at radius 3 is 1.63 bits per heavy atom. The Morgan fingerprint density at radius 1 is 0.474 bits per heavy atom. The maximum absolute atomic E-state index is 3.65. The number of rotatable bonds is 2. The number of nitrogens with zero attached hydrogens (tertiary/aromatic N) is 1. The molecule has 2 heterocycles. The van der Waals surface area contributed by atoms with E-state index >= 15 is 0 Å². The molecule has 2 aliphatic rings. The molecular weight excluding hydrogens is 460 g/mol. The molecule has 1 N–H and O–H groups in total. The van der Waals surface area contributed by atoms with Crippen molar-refractivity contribution in [1.29, 1.82) is 0 Å². The van der Waals surface area contributed by atoms with Crippen molar-refractivity contribution in [3.63, 3.8) is 0 Å². The number of benzene rings is 5. The average molecular weight is 493 g/mol. The average Bonchev–Trinajstić information content (AvgIpc) is 2.94. The summed E-state index contributed by atoms with van der Waals surface area (Å²) >= 11 is 0. The fourth-order valence-electron chi connectivity index (χ4n) is 6.53. The van der Waals surface area contributed by atoms with Gasteiger partial charge >= 0.3 is 0 Å². The molecule has 0 atom stereocenters. The number of hydrogen-bond acceptors (Lipinski definition) is 2. The van der Waals surface area contributed by atoms with E-state index in [1.165, 1.54) is 61.8 Å². The van der Waals surface area contributed by atoms with Gasteiger partial charge in [0.2, 0.25) is 0 Å². The largest absolute Gasteiger partial charge is 0.355 e. The summed E-state index contributed by atoms with van der Waals surface area (Å²) in [5.41, 5.74) is 13.8. The SMILES string of the molecule is CC1(C)c2ccccc2Nc2ccc(-c3ccc(N4c5ccccc5C(C)(C)c5ccccc54)cc3)cc21. The minimum atomic E-state index is -0.0683.